The molecule has 3 unspecified atom stereocenters. The fourth-order valence-corrected chi connectivity index (χ4v) is 13.0. The van der Waals surface area contributed by atoms with Gasteiger partial charge in [0.15, 0.2) is 12.2 Å². The van der Waals surface area contributed by atoms with Gasteiger partial charge in [0, 0.05) is 25.7 Å². The first kappa shape index (κ1) is 92.1. The number of carbonyl (C=O) groups excluding carboxylic acids is 4. The molecular weight excluding hydrogens is 1230 g/mol. The molecule has 94 heavy (non-hydrogen) atoms. The Labute approximate surface area is 575 Å². The van der Waals surface area contributed by atoms with E-state index in [-0.39, 0.29) is 25.7 Å². The maximum absolute atomic E-state index is 13.1. The Balaban J connectivity index is 5.15. The average molecular weight is 1380 g/mol. The minimum atomic E-state index is -4.96. The monoisotopic (exact) mass is 1380 g/mol. The number of hydrogen-bond donors (Lipinski definition) is 3. The van der Waals surface area contributed by atoms with E-state index in [9.17, 15) is 43.2 Å². The topological polar surface area (TPSA) is 237 Å². The van der Waals surface area contributed by atoms with Crippen molar-refractivity contribution in [3.05, 3.63) is 0 Å². The Hall–Kier alpha value is -1.94. The molecule has 0 aliphatic heterocycles. The van der Waals surface area contributed by atoms with Crippen LogP contribution < -0.4 is 0 Å². The van der Waals surface area contributed by atoms with Crippen LogP contribution in [0.1, 0.15) is 382 Å². The second kappa shape index (κ2) is 65.7. The molecule has 17 nitrogen and oxygen atoms in total. The van der Waals surface area contributed by atoms with Crippen LogP contribution in [0, 0.1) is 17.8 Å². The molecule has 0 aromatic heterocycles. The molecule has 0 fully saturated rings. The third kappa shape index (κ3) is 67.3. The molecule has 0 aliphatic carbocycles. The maximum Gasteiger partial charge on any atom is 0.472 e. The summed E-state index contributed by atoms with van der Waals surface area (Å²) in [4.78, 5) is 72.6. The minimum absolute atomic E-state index is 0.105. The zero-order valence-electron chi connectivity index (χ0n) is 61.4. The van der Waals surface area contributed by atoms with Crippen molar-refractivity contribution in [2.75, 3.05) is 39.6 Å². The molecule has 0 amide bonds. The van der Waals surface area contributed by atoms with Gasteiger partial charge in [-0.05, 0) is 43.4 Å². The predicted molar refractivity (Wildman–Crippen MR) is 381 cm³/mol. The molecule has 0 aromatic carbocycles. The number of phosphoric acid groups is 2. The van der Waals surface area contributed by atoms with Crippen molar-refractivity contribution in [1.29, 1.82) is 0 Å². The summed E-state index contributed by atoms with van der Waals surface area (Å²) in [6, 6.07) is 0. The van der Waals surface area contributed by atoms with Crippen LogP contribution in [-0.4, -0.2) is 96.7 Å². The summed E-state index contributed by atoms with van der Waals surface area (Å²) in [6.45, 7) is 11.9. The molecule has 558 valence electrons. The molecular formula is C75H146O17P2. The van der Waals surface area contributed by atoms with E-state index in [1.54, 1.807) is 0 Å². The van der Waals surface area contributed by atoms with Crippen LogP contribution >= 0.6 is 15.6 Å². The number of unbranched alkanes of at least 4 members (excludes halogenated alkanes) is 40. The number of aliphatic hydroxyl groups is 1. The standard InChI is InChI=1S/C75H146O17P2/c1-8-10-11-12-32-42-49-56-72(77)85-62-70(91-75(80)59-52-45-38-31-25-27-34-40-47-54-67(5)6)64-89-93(81,82)87-60-69(76)61-88-94(83,84)90-65-71(63-86-73(78)57-50-43-36-29-24-23-26-33-39-46-53-66(3)4)92-74(79)58-51-44-37-30-22-20-18-16-14-13-15-17-19-21-28-35-41-48-55-68(7)9-2/h66-71,76H,8-65H2,1-7H3,(H,81,82)(H,83,84)/t68?,69-,70+,71+/m0/s1. The fraction of sp³-hybridized carbons (Fsp3) is 0.947. The van der Waals surface area contributed by atoms with Gasteiger partial charge in [-0.3, -0.25) is 37.3 Å². The average Bonchev–Trinajstić information content (AvgIpc) is 1.33. The Morgan fingerprint density at radius 1 is 0.309 bits per heavy atom. The van der Waals surface area contributed by atoms with Gasteiger partial charge >= 0.3 is 39.5 Å². The lowest BCUT2D eigenvalue weighted by molar-refractivity contribution is -0.161. The number of ether oxygens (including phenoxy) is 4. The molecule has 0 bridgehead atoms. The number of esters is 4. The molecule has 3 N–H and O–H groups in total. The molecule has 19 heteroatoms. The summed E-state index contributed by atoms with van der Waals surface area (Å²) in [7, 11) is -9.90. The summed E-state index contributed by atoms with van der Waals surface area (Å²) in [6.07, 6.45) is 51.6. The summed E-state index contributed by atoms with van der Waals surface area (Å²) in [5.41, 5.74) is 0. The fourth-order valence-electron chi connectivity index (χ4n) is 11.4. The first-order valence-electron chi connectivity index (χ1n) is 38.9. The second-order valence-corrected chi connectivity index (χ2v) is 31.1. The van der Waals surface area contributed by atoms with E-state index in [0.29, 0.717) is 25.7 Å². The zero-order chi connectivity index (χ0) is 69.4. The first-order valence-corrected chi connectivity index (χ1v) is 41.9. The van der Waals surface area contributed by atoms with E-state index in [1.807, 2.05) is 0 Å². The summed E-state index contributed by atoms with van der Waals surface area (Å²) in [5.74, 6) is 0.241. The van der Waals surface area contributed by atoms with Gasteiger partial charge in [-0.25, -0.2) is 9.13 Å². The van der Waals surface area contributed by atoms with Gasteiger partial charge < -0.3 is 33.8 Å². The number of rotatable bonds is 73. The van der Waals surface area contributed by atoms with E-state index in [4.69, 9.17) is 37.0 Å². The van der Waals surface area contributed by atoms with Gasteiger partial charge in [0.1, 0.15) is 19.3 Å². The lowest BCUT2D eigenvalue weighted by atomic mass is 9.99. The first-order chi connectivity index (χ1) is 45.3. The van der Waals surface area contributed by atoms with E-state index in [2.05, 4.69) is 48.5 Å². The molecule has 0 spiro atoms. The minimum Gasteiger partial charge on any atom is -0.462 e. The highest BCUT2D eigenvalue weighted by atomic mass is 31.2. The van der Waals surface area contributed by atoms with Crippen molar-refractivity contribution in [1.82, 2.24) is 0 Å². The summed E-state index contributed by atoms with van der Waals surface area (Å²) >= 11 is 0. The smallest absolute Gasteiger partial charge is 0.462 e. The maximum atomic E-state index is 13.1. The predicted octanol–water partition coefficient (Wildman–Crippen LogP) is 21.8. The largest absolute Gasteiger partial charge is 0.472 e. The zero-order valence-corrected chi connectivity index (χ0v) is 63.2. The van der Waals surface area contributed by atoms with E-state index >= 15 is 0 Å². The van der Waals surface area contributed by atoms with Crippen LogP contribution in [0.5, 0.6) is 0 Å². The van der Waals surface area contributed by atoms with Gasteiger partial charge in [0.2, 0.25) is 0 Å². The number of carbonyl (C=O) groups is 4. The Morgan fingerprint density at radius 3 is 0.809 bits per heavy atom. The Morgan fingerprint density at radius 2 is 0.543 bits per heavy atom. The lowest BCUT2D eigenvalue weighted by Crippen LogP contribution is -2.30. The molecule has 0 rings (SSSR count). The second-order valence-electron chi connectivity index (χ2n) is 28.2. The molecule has 0 aromatic rings. The van der Waals surface area contributed by atoms with Crippen molar-refractivity contribution in [2.24, 2.45) is 17.8 Å². The van der Waals surface area contributed by atoms with Crippen LogP contribution in [0.25, 0.3) is 0 Å². The lowest BCUT2D eigenvalue weighted by Gasteiger charge is -2.21. The summed E-state index contributed by atoms with van der Waals surface area (Å²) < 4.78 is 68.3. The van der Waals surface area contributed by atoms with Crippen LogP contribution in [0.3, 0.4) is 0 Å². The quantitative estimate of drug-likeness (QED) is 0.0222. The Kier molecular flexibility index (Phi) is 64.3. The summed E-state index contributed by atoms with van der Waals surface area (Å²) in [5, 5.41) is 10.6. The van der Waals surface area contributed by atoms with Gasteiger partial charge in [-0.2, -0.15) is 0 Å². The highest BCUT2D eigenvalue weighted by molar-refractivity contribution is 7.47. The number of aliphatic hydroxyl groups excluding tert-OH is 1. The third-order valence-corrected chi connectivity index (χ3v) is 19.6. The van der Waals surface area contributed by atoms with Crippen LogP contribution in [0.4, 0.5) is 0 Å². The van der Waals surface area contributed by atoms with Crippen molar-refractivity contribution >= 4 is 39.5 Å². The highest BCUT2D eigenvalue weighted by Crippen LogP contribution is 2.45. The van der Waals surface area contributed by atoms with Gasteiger partial charge in [0.05, 0.1) is 26.4 Å². The van der Waals surface area contributed by atoms with Crippen molar-refractivity contribution < 1.29 is 80.2 Å². The van der Waals surface area contributed by atoms with Gasteiger partial charge in [-0.1, -0.05) is 331 Å². The van der Waals surface area contributed by atoms with Gasteiger partial charge in [0.25, 0.3) is 0 Å². The van der Waals surface area contributed by atoms with E-state index in [0.717, 1.165) is 120 Å². The van der Waals surface area contributed by atoms with Gasteiger partial charge in [-0.15, -0.1) is 0 Å². The molecule has 0 radical (unpaired) electrons. The van der Waals surface area contributed by atoms with E-state index < -0.39 is 97.5 Å². The van der Waals surface area contributed by atoms with Crippen LogP contribution in [0.15, 0.2) is 0 Å². The van der Waals surface area contributed by atoms with Crippen LogP contribution in [0.2, 0.25) is 0 Å². The molecule has 0 saturated carbocycles. The number of phosphoric ester groups is 2. The van der Waals surface area contributed by atoms with Crippen LogP contribution in [-0.2, 0) is 65.4 Å². The van der Waals surface area contributed by atoms with E-state index in [1.165, 1.54) is 180 Å². The normalized spacial score (nSPS) is 14.4. The highest BCUT2D eigenvalue weighted by Gasteiger charge is 2.30. The van der Waals surface area contributed by atoms with Crippen molar-refractivity contribution in [2.45, 2.75) is 401 Å². The molecule has 0 saturated heterocycles. The molecule has 0 aliphatic rings. The SMILES string of the molecule is CCCCCCCCCC(=O)OC[C@H](COP(=O)(O)OC[C@H](O)COP(=O)(O)OC[C@@H](COC(=O)CCCCCCCCCCCCC(C)C)OC(=O)CCCCCCCCCCCCCCCCCCCCC(C)CC)OC(=O)CCCCCCCCCCCC(C)C. The van der Waals surface area contributed by atoms with Crippen molar-refractivity contribution in [3.8, 4) is 0 Å². The molecule has 6 atom stereocenters. The third-order valence-electron chi connectivity index (χ3n) is 17.7. The molecule has 0 heterocycles. The number of hydrogen-bond acceptors (Lipinski definition) is 15. The van der Waals surface area contributed by atoms with Crippen molar-refractivity contribution in [3.63, 3.8) is 0 Å². The Bertz CT molecular complexity index is 1840.